The van der Waals surface area contributed by atoms with Gasteiger partial charge in [-0.3, -0.25) is 4.79 Å². The second-order valence-electron chi connectivity index (χ2n) is 5.13. The summed E-state index contributed by atoms with van der Waals surface area (Å²) in [6, 6.07) is 11.5. The van der Waals surface area contributed by atoms with Crippen LogP contribution < -0.4 is 5.43 Å². The average Bonchev–Trinajstić information content (AvgIpc) is 3.24. The fraction of sp³-hybridized carbons (Fsp3) is 0.235. The van der Waals surface area contributed by atoms with Gasteiger partial charge in [0, 0.05) is 6.54 Å². The Morgan fingerprint density at radius 3 is 2.92 bits per heavy atom. The van der Waals surface area contributed by atoms with Crippen LogP contribution in [0.25, 0.3) is 11.0 Å². The number of para-hydroxylation sites is 2. The first-order valence-electron chi connectivity index (χ1n) is 7.64. The van der Waals surface area contributed by atoms with E-state index in [0.29, 0.717) is 11.5 Å². The minimum Gasteiger partial charge on any atom is -0.463 e. The Morgan fingerprint density at radius 2 is 2.17 bits per heavy atom. The molecule has 7 heteroatoms. The number of nitrogens with one attached hydrogen (secondary N) is 1. The van der Waals surface area contributed by atoms with Crippen LogP contribution in [-0.2, 0) is 11.3 Å². The van der Waals surface area contributed by atoms with Crippen molar-refractivity contribution in [1.82, 2.24) is 15.0 Å². The normalized spacial score (nSPS) is 11.8. The van der Waals surface area contributed by atoms with E-state index in [1.807, 2.05) is 24.3 Å². The lowest BCUT2D eigenvalue weighted by Crippen LogP contribution is -2.21. The molecule has 2 aromatic heterocycles. The molecule has 0 aliphatic heterocycles. The summed E-state index contributed by atoms with van der Waals surface area (Å²) < 4.78 is 7.32. The summed E-state index contributed by atoms with van der Waals surface area (Å²) in [4.78, 5) is 16.6. The van der Waals surface area contributed by atoms with E-state index in [4.69, 9.17) is 4.42 Å². The molecule has 0 atom stereocenters. The van der Waals surface area contributed by atoms with E-state index < -0.39 is 0 Å². The highest BCUT2D eigenvalue weighted by atomic mass is 32.2. The number of benzene rings is 1. The van der Waals surface area contributed by atoms with Crippen molar-refractivity contribution in [3.8, 4) is 0 Å². The highest BCUT2D eigenvalue weighted by Crippen LogP contribution is 2.23. The monoisotopic (exact) mass is 342 g/mol. The van der Waals surface area contributed by atoms with E-state index in [-0.39, 0.29) is 11.7 Å². The first-order valence-corrected chi connectivity index (χ1v) is 8.62. The maximum absolute atomic E-state index is 12.0. The Kier molecular flexibility index (Phi) is 5.00. The Morgan fingerprint density at radius 1 is 1.33 bits per heavy atom. The first-order chi connectivity index (χ1) is 11.7. The SMILES string of the molecule is CCn1c(SCC(=O)N/N=C(\C)c2ccco2)nc2ccccc21. The fourth-order valence-electron chi connectivity index (χ4n) is 2.32. The van der Waals surface area contributed by atoms with Crippen LogP contribution in [0, 0.1) is 0 Å². The Hall–Kier alpha value is -2.54. The summed E-state index contributed by atoms with van der Waals surface area (Å²) in [5.41, 5.74) is 5.18. The number of carbonyl (C=O) groups is 1. The van der Waals surface area contributed by atoms with Gasteiger partial charge in [0.15, 0.2) is 5.16 Å². The summed E-state index contributed by atoms with van der Waals surface area (Å²) in [5, 5.41) is 4.88. The van der Waals surface area contributed by atoms with Crippen molar-refractivity contribution in [3.05, 3.63) is 48.4 Å². The number of imidazole rings is 1. The van der Waals surface area contributed by atoms with Crippen molar-refractivity contribution in [1.29, 1.82) is 0 Å². The van der Waals surface area contributed by atoms with Gasteiger partial charge in [-0.2, -0.15) is 5.10 Å². The largest absolute Gasteiger partial charge is 0.463 e. The third kappa shape index (κ3) is 3.51. The topological polar surface area (TPSA) is 72.4 Å². The predicted molar refractivity (Wildman–Crippen MR) is 95.2 cm³/mol. The zero-order valence-corrected chi connectivity index (χ0v) is 14.3. The molecular weight excluding hydrogens is 324 g/mol. The van der Waals surface area contributed by atoms with Gasteiger partial charge in [0.25, 0.3) is 5.91 Å². The van der Waals surface area contributed by atoms with Crippen molar-refractivity contribution < 1.29 is 9.21 Å². The van der Waals surface area contributed by atoms with Crippen molar-refractivity contribution >= 4 is 34.4 Å². The van der Waals surface area contributed by atoms with E-state index in [9.17, 15) is 4.79 Å². The second-order valence-corrected chi connectivity index (χ2v) is 6.07. The molecule has 1 N–H and O–H groups in total. The summed E-state index contributed by atoms with van der Waals surface area (Å²) in [6.45, 7) is 4.65. The maximum Gasteiger partial charge on any atom is 0.250 e. The molecule has 0 radical (unpaired) electrons. The number of amides is 1. The fourth-order valence-corrected chi connectivity index (χ4v) is 3.19. The van der Waals surface area contributed by atoms with Crippen LogP contribution in [0.4, 0.5) is 0 Å². The van der Waals surface area contributed by atoms with Crippen molar-refractivity contribution in [2.75, 3.05) is 5.75 Å². The van der Waals surface area contributed by atoms with Gasteiger partial charge in [-0.15, -0.1) is 0 Å². The lowest BCUT2D eigenvalue weighted by atomic mass is 10.3. The zero-order chi connectivity index (χ0) is 16.9. The van der Waals surface area contributed by atoms with Crippen LogP contribution >= 0.6 is 11.8 Å². The van der Waals surface area contributed by atoms with E-state index in [1.54, 1.807) is 25.3 Å². The molecule has 0 fully saturated rings. The Bertz CT molecular complexity index is 868. The van der Waals surface area contributed by atoms with Crippen molar-refractivity contribution in [3.63, 3.8) is 0 Å². The number of furan rings is 1. The molecule has 0 saturated heterocycles. The number of aromatic nitrogens is 2. The lowest BCUT2D eigenvalue weighted by Gasteiger charge is -2.05. The van der Waals surface area contributed by atoms with Gasteiger partial charge in [-0.05, 0) is 38.1 Å². The van der Waals surface area contributed by atoms with Gasteiger partial charge in [0.1, 0.15) is 11.5 Å². The van der Waals surface area contributed by atoms with Crippen LogP contribution in [0.2, 0.25) is 0 Å². The number of fused-ring (bicyclic) bond motifs is 1. The van der Waals surface area contributed by atoms with Gasteiger partial charge >= 0.3 is 0 Å². The van der Waals surface area contributed by atoms with Gasteiger partial charge in [-0.25, -0.2) is 10.4 Å². The molecule has 0 aliphatic rings. The number of carbonyl (C=O) groups excluding carboxylic acids is 1. The van der Waals surface area contributed by atoms with Gasteiger partial charge in [0.2, 0.25) is 0 Å². The quantitative estimate of drug-likeness (QED) is 0.424. The van der Waals surface area contributed by atoms with Crippen LogP contribution in [0.5, 0.6) is 0 Å². The third-order valence-electron chi connectivity index (χ3n) is 3.49. The van der Waals surface area contributed by atoms with E-state index in [1.165, 1.54) is 11.8 Å². The van der Waals surface area contributed by atoms with Crippen molar-refractivity contribution in [2.24, 2.45) is 5.10 Å². The van der Waals surface area contributed by atoms with Crippen LogP contribution in [-0.4, -0.2) is 26.9 Å². The minimum absolute atomic E-state index is 0.180. The summed E-state index contributed by atoms with van der Waals surface area (Å²) in [7, 11) is 0. The number of thioether (sulfide) groups is 1. The molecule has 0 bridgehead atoms. The number of aryl methyl sites for hydroxylation is 1. The predicted octanol–water partition coefficient (Wildman–Crippen LogP) is 3.28. The number of hydrazone groups is 1. The molecule has 24 heavy (non-hydrogen) atoms. The zero-order valence-electron chi connectivity index (χ0n) is 13.5. The number of hydrogen-bond acceptors (Lipinski definition) is 5. The van der Waals surface area contributed by atoms with Gasteiger partial charge in [-0.1, -0.05) is 23.9 Å². The summed E-state index contributed by atoms with van der Waals surface area (Å²) >= 11 is 1.40. The van der Waals surface area contributed by atoms with Crippen LogP contribution in [0.1, 0.15) is 19.6 Å². The molecule has 1 amide bonds. The van der Waals surface area contributed by atoms with Crippen LogP contribution in [0.3, 0.4) is 0 Å². The molecule has 6 nitrogen and oxygen atoms in total. The van der Waals surface area contributed by atoms with Gasteiger partial charge < -0.3 is 8.98 Å². The Labute approximate surface area is 143 Å². The first kappa shape index (κ1) is 16.3. The molecular formula is C17H18N4O2S. The number of rotatable bonds is 6. The number of hydrogen-bond donors (Lipinski definition) is 1. The molecule has 3 aromatic rings. The van der Waals surface area contributed by atoms with Crippen molar-refractivity contribution in [2.45, 2.75) is 25.5 Å². The van der Waals surface area contributed by atoms with E-state index in [0.717, 1.165) is 22.7 Å². The standard InChI is InChI=1S/C17H18N4O2S/c1-3-21-14-8-5-4-7-13(14)18-17(21)24-11-16(22)20-19-12(2)15-9-6-10-23-15/h4-10H,3,11H2,1-2H3,(H,20,22)/b19-12+. The third-order valence-corrected chi connectivity index (χ3v) is 4.47. The van der Waals surface area contributed by atoms with Crippen LogP contribution in [0.15, 0.2) is 57.3 Å². The molecule has 124 valence electrons. The van der Waals surface area contributed by atoms with E-state index >= 15 is 0 Å². The number of nitrogens with zero attached hydrogens (tertiary/aromatic N) is 3. The highest BCUT2D eigenvalue weighted by molar-refractivity contribution is 7.99. The molecule has 3 rings (SSSR count). The minimum atomic E-state index is -0.180. The molecule has 1 aromatic carbocycles. The lowest BCUT2D eigenvalue weighted by molar-refractivity contribution is -0.118. The smallest absolute Gasteiger partial charge is 0.250 e. The molecule has 0 saturated carbocycles. The molecule has 0 unspecified atom stereocenters. The summed E-state index contributed by atoms with van der Waals surface area (Å²) in [6.07, 6.45) is 1.57. The highest BCUT2D eigenvalue weighted by Gasteiger charge is 2.11. The van der Waals surface area contributed by atoms with E-state index in [2.05, 4.69) is 27.0 Å². The summed E-state index contributed by atoms with van der Waals surface area (Å²) in [5.74, 6) is 0.703. The molecule has 0 aliphatic carbocycles. The molecule has 2 heterocycles. The van der Waals surface area contributed by atoms with Gasteiger partial charge in [0.05, 0.1) is 23.0 Å². The molecule has 0 spiro atoms. The maximum atomic E-state index is 12.0. The Balaban J connectivity index is 1.63. The average molecular weight is 342 g/mol. The second kappa shape index (κ2) is 7.35.